The normalized spacial score (nSPS) is 15.9. The van der Waals surface area contributed by atoms with Gasteiger partial charge >= 0.3 is 6.03 Å². The Labute approximate surface area is 149 Å². The highest BCUT2D eigenvalue weighted by Crippen LogP contribution is 2.29. The number of ether oxygens (including phenoxy) is 2. The smallest absolute Gasteiger partial charge is 0.319 e. The average Bonchev–Trinajstić information content (AvgIpc) is 2.56. The number of urea groups is 1. The van der Waals surface area contributed by atoms with E-state index in [9.17, 15) is 4.79 Å². The zero-order chi connectivity index (χ0) is 17.1. The lowest BCUT2D eigenvalue weighted by molar-refractivity contribution is 0.222. The van der Waals surface area contributed by atoms with E-state index in [2.05, 4.69) is 26.6 Å². The van der Waals surface area contributed by atoms with Gasteiger partial charge in [0, 0.05) is 4.47 Å². The Morgan fingerprint density at radius 3 is 2.88 bits per heavy atom. The molecule has 0 bridgehead atoms. The highest BCUT2D eigenvalue weighted by Gasteiger charge is 2.22. The lowest BCUT2D eigenvalue weighted by atomic mass is 10.0. The second-order valence-corrected chi connectivity index (χ2v) is 6.62. The molecule has 0 aromatic heterocycles. The number of benzene rings is 2. The summed E-state index contributed by atoms with van der Waals surface area (Å²) in [5.74, 6) is 1.63. The maximum atomic E-state index is 12.2. The summed E-state index contributed by atoms with van der Waals surface area (Å²) in [6.45, 7) is 2.45. The maximum absolute atomic E-state index is 12.2. The molecule has 0 spiro atoms. The summed E-state index contributed by atoms with van der Waals surface area (Å²) in [6.07, 6.45) is 0.703. The predicted octanol–water partition coefficient (Wildman–Crippen LogP) is 3.89. The molecule has 6 heteroatoms. The predicted molar refractivity (Wildman–Crippen MR) is 97.0 cm³/mol. The van der Waals surface area contributed by atoms with Crippen LogP contribution in [0.15, 0.2) is 40.9 Å². The molecule has 0 unspecified atom stereocenters. The Morgan fingerprint density at radius 1 is 1.29 bits per heavy atom. The minimum Gasteiger partial charge on any atom is -0.497 e. The van der Waals surface area contributed by atoms with Gasteiger partial charge in [-0.15, -0.1) is 0 Å². The third kappa shape index (κ3) is 3.82. The molecule has 2 aromatic rings. The number of nitrogens with one attached hydrogen (secondary N) is 2. The number of aryl methyl sites for hydroxylation is 1. The minimum absolute atomic E-state index is 0.0890. The summed E-state index contributed by atoms with van der Waals surface area (Å²) in [7, 11) is 1.63. The second-order valence-electron chi connectivity index (χ2n) is 5.77. The van der Waals surface area contributed by atoms with Crippen molar-refractivity contribution in [3.05, 3.63) is 52.0 Å². The van der Waals surface area contributed by atoms with Crippen LogP contribution in [0.4, 0.5) is 10.5 Å². The molecule has 126 valence electrons. The summed E-state index contributed by atoms with van der Waals surface area (Å²) in [4.78, 5) is 12.2. The summed E-state index contributed by atoms with van der Waals surface area (Å²) >= 11 is 3.46. The van der Waals surface area contributed by atoms with Gasteiger partial charge in [0.05, 0.1) is 18.8 Å². The van der Waals surface area contributed by atoms with Gasteiger partial charge in [-0.25, -0.2) is 4.79 Å². The van der Waals surface area contributed by atoms with Crippen LogP contribution in [0.2, 0.25) is 0 Å². The Kier molecular flexibility index (Phi) is 4.94. The van der Waals surface area contributed by atoms with E-state index in [0.717, 1.165) is 32.8 Å². The van der Waals surface area contributed by atoms with E-state index in [4.69, 9.17) is 9.47 Å². The lowest BCUT2D eigenvalue weighted by Gasteiger charge is -2.26. The van der Waals surface area contributed by atoms with E-state index >= 15 is 0 Å². The van der Waals surface area contributed by atoms with Crippen LogP contribution in [0.25, 0.3) is 0 Å². The van der Waals surface area contributed by atoms with Gasteiger partial charge in [-0.2, -0.15) is 0 Å². The van der Waals surface area contributed by atoms with Gasteiger partial charge in [-0.1, -0.05) is 6.07 Å². The van der Waals surface area contributed by atoms with Crippen molar-refractivity contribution in [2.75, 3.05) is 19.0 Å². The molecule has 1 heterocycles. The first-order valence-corrected chi connectivity index (χ1v) is 8.48. The molecule has 0 saturated heterocycles. The number of fused-ring (bicyclic) bond motifs is 1. The largest absolute Gasteiger partial charge is 0.497 e. The third-order valence-electron chi connectivity index (χ3n) is 3.88. The van der Waals surface area contributed by atoms with E-state index in [1.54, 1.807) is 7.11 Å². The molecule has 1 atom stereocenters. The molecule has 24 heavy (non-hydrogen) atoms. The number of carbonyl (C=O) groups excluding carboxylic acids is 1. The first-order valence-electron chi connectivity index (χ1n) is 7.68. The summed E-state index contributed by atoms with van der Waals surface area (Å²) in [5.41, 5.74) is 2.89. The topological polar surface area (TPSA) is 59.6 Å². The number of halogens is 1. The van der Waals surface area contributed by atoms with Crippen LogP contribution in [0.1, 0.15) is 11.1 Å². The zero-order valence-corrected chi connectivity index (χ0v) is 15.1. The molecule has 1 aliphatic rings. The minimum atomic E-state index is -0.250. The summed E-state index contributed by atoms with van der Waals surface area (Å²) in [6, 6.07) is 11.2. The van der Waals surface area contributed by atoms with Gasteiger partial charge in [0.2, 0.25) is 0 Å². The van der Waals surface area contributed by atoms with E-state index < -0.39 is 0 Å². The quantitative estimate of drug-likeness (QED) is 0.835. The highest BCUT2D eigenvalue weighted by atomic mass is 79.9. The first-order chi connectivity index (χ1) is 11.5. The van der Waals surface area contributed by atoms with Crippen LogP contribution in [0, 0.1) is 6.92 Å². The van der Waals surface area contributed by atoms with E-state index in [1.807, 2.05) is 43.3 Å². The number of anilines is 1. The van der Waals surface area contributed by atoms with Crippen molar-refractivity contribution in [3.63, 3.8) is 0 Å². The fourth-order valence-electron chi connectivity index (χ4n) is 2.66. The molecule has 3 rings (SSSR count). The van der Waals surface area contributed by atoms with Crippen LogP contribution in [0.3, 0.4) is 0 Å². The van der Waals surface area contributed by atoms with Crippen molar-refractivity contribution in [2.45, 2.75) is 19.4 Å². The first kappa shape index (κ1) is 16.6. The van der Waals surface area contributed by atoms with E-state index in [0.29, 0.717) is 13.0 Å². The van der Waals surface area contributed by atoms with Gasteiger partial charge in [0.1, 0.15) is 18.1 Å². The molecule has 0 fully saturated rings. The Hall–Kier alpha value is -2.21. The Bertz CT molecular complexity index is 764. The molecule has 1 aliphatic heterocycles. The van der Waals surface area contributed by atoms with Crippen molar-refractivity contribution >= 4 is 27.6 Å². The fraction of sp³-hybridized carbons (Fsp3) is 0.278. The number of carbonyl (C=O) groups is 1. The van der Waals surface area contributed by atoms with Crippen LogP contribution >= 0.6 is 15.9 Å². The van der Waals surface area contributed by atoms with Crippen LogP contribution in [-0.4, -0.2) is 25.8 Å². The van der Waals surface area contributed by atoms with Crippen LogP contribution < -0.4 is 20.1 Å². The van der Waals surface area contributed by atoms with Gasteiger partial charge < -0.3 is 20.1 Å². The van der Waals surface area contributed by atoms with Crippen molar-refractivity contribution < 1.29 is 14.3 Å². The molecule has 0 saturated carbocycles. The number of hydrogen-bond donors (Lipinski definition) is 2. The third-order valence-corrected chi connectivity index (χ3v) is 4.54. The lowest BCUT2D eigenvalue weighted by Crippen LogP contribution is -2.44. The zero-order valence-electron chi connectivity index (χ0n) is 13.6. The number of methoxy groups -OCH3 is 1. The van der Waals surface area contributed by atoms with Gasteiger partial charge in [-0.05, 0) is 70.7 Å². The monoisotopic (exact) mass is 390 g/mol. The number of rotatable bonds is 3. The highest BCUT2D eigenvalue weighted by molar-refractivity contribution is 9.10. The number of hydrogen-bond acceptors (Lipinski definition) is 3. The molecule has 2 N–H and O–H groups in total. The summed E-state index contributed by atoms with van der Waals surface area (Å²) < 4.78 is 11.8. The second kappa shape index (κ2) is 7.13. The van der Waals surface area contributed by atoms with Gasteiger partial charge in [0.25, 0.3) is 0 Å². The van der Waals surface area contributed by atoms with Crippen LogP contribution in [-0.2, 0) is 6.42 Å². The molecular formula is C18H19BrN2O3. The SMILES string of the molecule is COc1ccc2c(c1)C[C@@H](NC(=O)Nc1ccc(C)cc1Br)CO2. The molecule has 5 nitrogen and oxygen atoms in total. The molecule has 2 amide bonds. The van der Waals surface area contributed by atoms with Crippen molar-refractivity contribution in [1.82, 2.24) is 5.32 Å². The Balaban J connectivity index is 1.63. The molecule has 0 radical (unpaired) electrons. The van der Waals surface area contributed by atoms with Crippen molar-refractivity contribution in [3.8, 4) is 11.5 Å². The van der Waals surface area contributed by atoms with Crippen molar-refractivity contribution in [2.24, 2.45) is 0 Å². The van der Waals surface area contributed by atoms with Gasteiger partial charge in [-0.3, -0.25) is 0 Å². The van der Waals surface area contributed by atoms with Crippen molar-refractivity contribution in [1.29, 1.82) is 0 Å². The average molecular weight is 391 g/mol. The van der Waals surface area contributed by atoms with Crippen LogP contribution in [0.5, 0.6) is 11.5 Å². The van der Waals surface area contributed by atoms with E-state index in [1.165, 1.54) is 0 Å². The standard InChI is InChI=1S/C18H19BrN2O3/c1-11-3-5-16(15(19)7-11)21-18(22)20-13-8-12-9-14(23-2)4-6-17(12)24-10-13/h3-7,9,13H,8,10H2,1-2H3,(H2,20,21,22)/t13-/m1/s1. The Morgan fingerprint density at radius 2 is 2.12 bits per heavy atom. The molecule has 0 aliphatic carbocycles. The van der Waals surface area contributed by atoms with Gasteiger partial charge in [0.15, 0.2) is 0 Å². The number of amides is 2. The molecular weight excluding hydrogens is 372 g/mol. The molecule has 2 aromatic carbocycles. The van der Waals surface area contributed by atoms with E-state index in [-0.39, 0.29) is 12.1 Å². The summed E-state index contributed by atoms with van der Waals surface area (Å²) in [5, 5.41) is 5.80. The maximum Gasteiger partial charge on any atom is 0.319 e. The fourth-order valence-corrected chi connectivity index (χ4v) is 3.25.